The average Bonchev–Trinajstić information content (AvgIpc) is 2.74. The number of rotatable bonds is 1. The molecule has 0 aliphatic carbocycles. The molecule has 0 saturated carbocycles. The highest BCUT2D eigenvalue weighted by molar-refractivity contribution is 6.62. The molecule has 0 unspecified atom stereocenters. The van der Waals surface area contributed by atoms with E-state index in [-0.39, 0.29) is 18.3 Å². The highest BCUT2D eigenvalue weighted by Gasteiger charge is 2.51. The molecule has 2 heterocycles. The normalized spacial score (nSPS) is 21.2. The molecule has 0 bridgehead atoms. The molecule has 0 atom stereocenters. The number of benzene rings is 1. The molecule has 19 heavy (non-hydrogen) atoms. The fourth-order valence-electron chi connectivity index (χ4n) is 2.42. The molecule has 0 radical (unpaired) electrons. The molecule has 1 aromatic heterocycles. The topological polar surface area (TPSA) is 23.4 Å². The summed E-state index contributed by atoms with van der Waals surface area (Å²) in [5.74, 6) is 0. The number of hydrogen-bond acceptors (Lipinski definition) is 2. The third kappa shape index (κ3) is 1.99. The summed E-state index contributed by atoms with van der Waals surface area (Å²) < 4.78 is 14.2. The van der Waals surface area contributed by atoms with Crippen molar-refractivity contribution in [3.8, 4) is 0 Å². The zero-order valence-electron chi connectivity index (χ0n) is 12.2. The lowest BCUT2D eigenvalue weighted by molar-refractivity contribution is 0.00578. The highest BCUT2D eigenvalue weighted by atomic mass is 16.7. The van der Waals surface area contributed by atoms with Crippen LogP contribution in [-0.4, -0.2) is 22.9 Å². The van der Waals surface area contributed by atoms with Crippen molar-refractivity contribution >= 4 is 23.4 Å². The van der Waals surface area contributed by atoms with Crippen molar-refractivity contribution < 1.29 is 9.31 Å². The predicted octanol–water partition coefficient (Wildman–Crippen LogP) is 2.48. The number of fused-ring (bicyclic) bond motifs is 1. The van der Waals surface area contributed by atoms with E-state index in [4.69, 9.17) is 9.31 Å². The van der Waals surface area contributed by atoms with E-state index in [1.54, 1.807) is 0 Å². The van der Waals surface area contributed by atoms with Gasteiger partial charge < -0.3 is 13.9 Å². The van der Waals surface area contributed by atoms with Crippen LogP contribution in [0, 0.1) is 0 Å². The lowest BCUT2D eigenvalue weighted by Crippen LogP contribution is -2.41. The minimum Gasteiger partial charge on any atom is -0.399 e. The Labute approximate surface area is 114 Å². The summed E-state index contributed by atoms with van der Waals surface area (Å²) in [6, 6.07) is 6.36. The van der Waals surface area contributed by atoms with E-state index in [0.717, 1.165) is 5.46 Å². The first-order valence-corrected chi connectivity index (χ1v) is 6.70. The maximum atomic E-state index is 6.08. The van der Waals surface area contributed by atoms with Gasteiger partial charge in [0.2, 0.25) is 0 Å². The summed E-state index contributed by atoms with van der Waals surface area (Å²) in [6.45, 7) is 8.31. The molecule has 0 spiro atoms. The van der Waals surface area contributed by atoms with Crippen molar-refractivity contribution in [1.29, 1.82) is 0 Å². The van der Waals surface area contributed by atoms with Gasteiger partial charge >= 0.3 is 7.12 Å². The van der Waals surface area contributed by atoms with Crippen molar-refractivity contribution in [1.82, 2.24) is 4.57 Å². The van der Waals surface area contributed by atoms with Crippen molar-refractivity contribution in [3.63, 3.8) is 0 Å². The van der Waals surface area contributed by atoms with Gasteiger partial charge in [0.15, 0.2) is 0 Å². The van der Waals surface area contributed by atoms with Gasteiger partial charge in [0, 0.05) is 19.4 Å². The smallest absolute Gasteiger partial charge is 0.399 e. The largest absolute Gasteiger partial charge is 0.494 e. The monoisotopic (exact) mass is 257 g/mol. The first-order chi connectivity index (χ1) is 8.78. The zero-order chi connectivity index (χ0) is 13.8. The van der Waals surface area contributed by atoms with Crippen LogP contribution in [0.25, 0.3) is 10.8 Å². The Morgan fingerprint density at radius 2 is 1.53 bits per heavy atom. The molecule has 1 aliphatic rings. The maximum Gasteiger partial charge on any atom is 0.494 e. The molecule has 2 aromatic rings. The van der Waals surface area contributed by atoms with Gasteiger partial charge in [-0.3, -0.25) is 0 Å². The SMILES string of the molecule is Cn1cc2ccc(B3OC(C)(C)C(C)(C)O3)cc2c1. The van der Waals surface area contributed by atoms with Gasteiger partial charge in [0.05, 0.1) is 11.2 Å². The molecule has 0 N–H and O–H groups in total. The van der Waals surface area contributed by atoms with Crippen molar-refractivity contribution in [2.75, 3.05) is 0 Å². The van der Waals surface area contributed by atoms with Gasteiger partial charge in [-0.1, -0.05) is 18.2 Å². The summed E-state index contributed by atoms with van der Waals surface area (Å²) >= 11 is 0. The van der Waals surface area contributed by atoms with Crippen LogP contribution >= 0.6 is 0 Å². The second-order valence-electron chi connectivity index (χ2n) is 6.40. The second-order valence-corrected chi connectivity index (χ2v) is 6.40. The first-order valence-electron chi connectivity index (χ1n) is 6.70. The zero-order valence-corrected chi connectivity index (χ0v) is 12.2. The number of nitrogens with zero attached hydrogens (tertiary/aromatic N) is 1. The molecule has 4 heteroatoms. The van der Waals surface area contributed by atoms with Gasteiger partial charge in [0.25, 0.3) is 0 Å². The molecule has 100 valence electrons. The maximum absolute atomic E-state index is 6.08. The van der Waals surface area contributed by atoms with Crippen LogP contribution in [0.15, 0.2) is 30.6 Å². The molecule has 1 fully saturated rings. The minimum atomic E-state index is -0.288. The molecule has 1 aliphatic heterocycles. The molecule has 1 saturated heterocycles. The fraction of sp³-hybridized carbons (Fsp3) is 0.467. The Bertz CT molecular complexity index is 614. The average molecular weight is 257 g/mol. The van der Waals surface area contributed by atoms with Gasteiger partial charge in [-0.2, -0.15) is 0 Å². The Morgan fingerprint density at radius 1 is 0.947 bits per heavy atom. The van der Waals surface area contributed by atoms with E-state index >= 15 is 0 Å². The van der Waals surface area contributed by atoms with Crippen LogP contribution in [0.5, 0.6) is 0 Å². The van der Waals surface area contributed by atoms with E-state index < -0.39 is 0 Å². The van der Waals surface area contributed by atoms with E-state index in [0.29, 0.717) is 0 Å². The molecule has 3 nitrogen and oxygen atoms in total. The third-order valence-corrected chi connectivity index (χ3v) is 4.32. The lowest BCUT2D eigenvalue weighted by Gasteiger charge is -2.32. The van der Waals surface area contributed by atoms with Gasteiger partial charge in [-0.05, 0) is 43.9 Å². The minimum absolute atomic E-state index is 0.283. The van der Waals surface area contributed by atoms with Crippen LogP contribution in [-0.2, 0) is 16.4 Å². The summed E-state index contributed by atoms with van der Waals surface area (Å²) in [7, 11) is 1.75. The molecule has 0 amide bonds. The van der Waals surface area contributed by atoms with E-state index in [2.05, 4.69) is 62.9 Å². The molecular formula is C15H20BNO2. The summed E-state index contributed by atoms with van der Waals surface area (Å²) in [5, 5.41) is 2.46. The number of hydrogen-bond donors (Lipinski definition) is 0. The fourth-order valence-corrected chi connectivity index (χ4v) is 2.42. The van der Waals surface area contributed by atoms with Crippen molar-refractivity contribution in [2.45, 2.75) is 38.9 Å². The molecular weight excluding hydrogens is 237 g/mol. The summed E-state index contributed by atoms with van der Waals surface area (Å²) in [5.41, 5.74) is 0.504. The Morgan fingerprint density at radius 3 is 2.16 bits per heavy atom. The quantitative estimate of drug-likeness (QED) is 0.733. The second kappa shape index (κ2) is 3.87. The van der Waals surface area contributed by atoms with Crippen molar-refractivity contribution in [2.24, 2.45) is 7.05 Å². The molecule has 3 rings (SSSR count). The lowest BCUT2D eigenvalue weighted by atomic mass is 9.78. The van der Waals surface area contributed by atoms with Gasteiger partial charge in [-0.25, -0.2) is 0 Å². The van der Waals surface area contributed by atoms with Crippen LogP contribution in [0.1, 0.15) is 27.7 Å². The predicted molar refractivity (Wildman–Crippen MR) is 78.6 cm³/mol. The standard InChI is InChI=1S/C15H20BNO2/c1-14(2)15(3,4)19-16(18-14)13-7-6-11-9-17(5)10-12(11)8-13/h6-10H,1-5H3. The Balaban J connectivity index is 1.97. The first kappa shape index (κ1) is 12.8. The van der Waals surface area contributed by atoms with Gasteiger partial charge in [0.1, 0.15) is 0 Å². The Kier molecular flexibility index (Phi) is 2.60. The third-order valence-electron chi connectivity index (χ3n) is 4.32. The van der Waals surface area contributed by atoms with Crippen LogP contribution < -0.4 is 5.46 Å². The Hall–Kier alpha value is -1.26. The van der Waals surface area contributed by atoms with Gasteiger partial charge in [-0.15, -0.1) is 0 Å². The highest BCUT2D eigenvalue weighted by Crippen LogP contribution is 2.36. The summed E-state index contributed by atoms with van der Waals surface area (Å²) in [4.78, 5) is 0. The van der Waals surface area contributed by atoms with E-state index in [9.17, 15) is 0 Å². The van der Waals surface area contributed by atoms with Crippen molar-refractivity contribution in [3.05, 3.63) is 30.6 Å². The molecule has 1 aromatic carbocycles. The van der Waals surface area contributed by atoms with E-state index in [1.165, 1.54) is 10.8 Å². The number of aryl methyl sites for hydroxylation is 1. The van der Waals surface area contributed by atoms with Crippen LogP contribution in [0.3, 0.4) is 0 Å². The van der Waals surface area contributed by atoms with E-state index in [1.807, 2.05) is 7.05 Å². The number of aromatic nitrogens is 1. The van der Waals surface area contributed by atoms with Crippen LogP contribution in [0.2, 0.25) is 0 Å². The summed E-state index contributed by atoms with van der Waals surface area (Å²) in [6.07, 6.45) is 4.23. The van der Waals surface area contributed by atoms with Crippen LogP contribution in [0.4, 0.5) is 0 Å².